The van der Waals surface area contributed by atoms with Crippen LogP contribution in [0.1, 0.15) is 31.2 Å². The molecule has 1 aromatic carbocycles. The van der Waals surface area contributed by atoms with Gasteiger partial charge in [-0.25, -0.2) is 8.78 Å². The van der Waals surface area contributed by atoms with Crippen LogP contribution in [-0.4, -0.2) is 19.0 Å². The number of rotatable bonds is 5. The van der Waals surface area contributed by atoms with Crippen LogP contribution in [-0.2, 0) is 9.53 Å². The molecule has 0 aliphatic heterocycles. The highest BCUT2D eigenvalue weighted by Gasteiger charge is 2.29. The largest absolute Gasteiger partial charge is 0.469 e. The summed E-state index contributed by atoms with van der Waals surface area (Å²) in [4.78, 5) is 11.3. The quantitative estimate of drug-likeness (QED) is 0.666. The van der Waals surface area contributed by atoms with Crippen molar-refractivity contribution < 1.29 is 18.3 Å². The number of carbonyl (C=O) groups excluding carboxylic acids is 1. The van der Waals surface area contributed by atoms with Crippen LogP contribution in [0.2, 0.25) is 5.02 Å². The number of esters is 1. The predicted molar refractivity (Wildman–Crippen MR) is 70.5 cm³/mol. The van der Waals surface area contributed by atoms with Gasteiger partial charge in [-0.1, -0.05) is 17.7 Å². The highest BCUT2D eigenvalue weighted by Crippen LogP contribution is 2.34. The highest BCUT2D eigenvalue weighted by atomic mass is 35.5. The zero-order valence-electron chi connectivity index (χ0n) is 10.8. The molecule has 1 atom stereocenters. The number of carbonyl (C=O) groups is 1. The molecule has 6 heteroatoms. The second-order valence-corrected chi connectivity index (χ2v) is 4.94. The average Bonchev–Trinajstić information content (AvgIpc) is 2.30. The topological polar surface area (TPSA) is 52.3 Å². The molecule has 1 aromatic rings. The van der Waals surface area contributed by atoms with Gasteiger partial charge in [0.2, 0.25) is 5.92 Å². The first-order chi connectivity index (χ1) is 8.73. The van der Waals surface area contributed by atoms with Gasteiger partial charge in [0.1, 0.15) is 0 Å². The number of nitrogens with two attached hydrogens (primary N) is 1. The molecule has 1 rings (SSSR count). The number of halogens is 3. The van der Waals surface area contributed by atoms with Crippen molar-refractivity contribution >= 4 is 23.3 Å². The predicted octanol–water partition coefficient (Wildman–Crippen LogP) is 3.61. The van der Waals surface area contributed by atoms with Gasteiger partial charge in [-0.3, -0.25) is 4.79 Å². The Balaban J connectivity index is 3.00. The zero-order chi connectivity index (χ0) is 14.6. The van der Waals surface area contributed by atoms with Crippen LogP contribution < -0.4 is 5.73 Å². The molecule has 3 nitrogen and oxygen atoms in total. The average molecular weight is 292 g/mol. The lowest BCUT2D eigenvalue weighted by molar-refractivity contribution is -0.141. The summed E-state index contributed by atoms with van der Waals surface area (Å²) in [6.07, 6.45) is -0.579. The third-order valence-electron chi connectivity index (χ3n) is 2.74. The molecule has 0 amide bonds. The summed E-state index contributed by atoms with van der Waals surface area (Å²) in [5.41, 5.74) is 6.50. The van der Waals surface area contributed by atoms with E-state index in [0.717, 1.165) is 6.92 Å². The summed E-state index contributed by atoms with van der Waals surface area (Å²) in [6, 6.07) is 4.64. The van der Waals surface area contributed by atoms with E-state index in [2.05, 4.69) is 4.74 Å². The number of alkyl halides is 2. The molecule has 0 aliphatic carbocycles. The molecule has 0 spiro atoms. The summed E-state index contributed by atoms with van der Waals surface area (Å²) in [7, 11) is 1.22. The van der Waals surface area contributed by atoms with Crippen molar-refractivity contribution in [3.63, 3.8) is 0 Å². The van der Waals surface area contributed by atoms with Crippen molar-refractivity contribution in [2.45, 2.75) is 31.6 Å². The van der Waals surface area contributed by atoms with E-state index in [1.165, 1.54) is 19.2 Å². The van der Waals surface area contributed by atoms with E-state index in [1.807, 2.05) is 0 Å². The third-order valence-corrected chi connectivity index (χ3v) is 3.08. The van der Waals surface area contributed by atoms with E-state index < -0.39 is 24.2 Å². The van der Waals surface area contributed by atoms with Gasteiger partial charge in [0.25, 0.3) is 0 Å². The lowest BCUT2D eigenvalue weighted by atomic mass is 9.90. The minimum absolute atomic E-state index is 0.124. The fourth-order valence-corrected chi connectivity index (χ4v) is 1.96. The lowest BCUT2D eigenvalue weighted by Gasteiger charge is -2.20. The molecule has 0 fully saturated rings. The number of hydrogen-bond donors (Lipinski definition) is 1. The molecule has 0 saturated carbocycles. The van der Waals surface area contributed by atoms with Crippen LogP contribution in [0.4, 0.5) is 14.5 Å². The van der Waals surface area contributed by atoms with E-state index in [-0.39, 0.29) is 6.42 Å². The Bertz CT molecular complexity index is 460. The van der Waals surface area contributed by atoms with Crippen LogP contribution in [0.15, 0.2) is 18.2 Å². The SMILES string of the molecule is COC(=O)CC(CC(C)(F)F)c1ccc(Cl)c(N)c1. The zero-order valence-corrected chi connectivity index (χ0v) is 11.5. The number of nitrogen functional groups attached to an aromatic ring is 1. The van der Waals surface area contributed by atoms with Gasteiger partial charge in [0.05, 0.1) is 24.2 Å². The molecule has 0 heterocycles. The number of hydrogen-bond acceptors (Lipinski definition) is 3. The van der Waals surface area contributed by atoms with E-state index in [4.69, 9.17) is 17.3 Å². The van der Waals surface area contributed by atoms with Crippen LogP contribution in [0, 0.1) is 0 Å². The lowest BCUT2D eigenvalue weighted by Crippen LogP contribution is -2.18. The fraction of sp³-hybridized carbons (Fsp3) is 0.462. The van der Waals surface area contributed by atoms with Gasteiger partial charge in [-0.2, -0.15) is 0 Å². The van der Waals surface area contributed by atoms with Crippen molar-refractivity contribution in [2.24, 2.45) is 0 Å². The van der Waals surface area contributed by atoms with Crippen molar-refractivity contribution in [1.82, 2.24) is 0 Å². The van der Waals surface area contributed by atoms with Gasteiger partial charge in [-0.15, -0.1) is 0 Å². The molecule has 106 valence electrons. The Morgan fingerprint density at radius 3 is 2.63 bits per heavy atom. The molecule has 19 heavy (non-hydrogen) atoms. The fourth-order valence-electron chi connectivity index (χ4n) is 1.84. The van der Waals surface area contributed by atoms with Crippen LogP contribution >= 0.6 is 11.6 Å². The van der Waals surface area contributed by atoms with Crippen molar-refractivity contribution in [1.29, 1.82) is 0 Å². The normalized spacial score (nSPS) is 13.1. The molecular formula is C13H16ClF2NO2. The van der Waals surface area contributed by atoms with Crippen LogP contribution in [0.5, 0.6) is 0 Å². The number of anilines is 1. The molecular weight excluding hydrogens is 276 g/mol. The number of benzene rings is 1. The summed E-state index contributed by atoms with van der Waals surface area (Å²) in [5.74, 6) is -4.08. The maximum atomic E-state index is 13.2. The minimum Gasteiger partial charge on any atom is -0.469 e. The van der Waals surface area contributed by atoms with Gasteiger partial charge in [0.15, 0.2) is 0 Å². The van der Waals surface area contributed by atoms with Gasteiger partial charge in [-0.05, 0) is 24.6 Å². The molecule has 0 saturated heterocycles. The number of ether oxygens (including phenoxy) is 1. The Morgan fingerprint density at radius 2 is 2.16 bits per heavy atom. The third kappa shape index (κ3) is 5.03. The number of methoxy groups -OCH3 is 1. The molecule has 0 radical (unpaired) electrons. The summed E-state index contributed by atoms with van der Waals surface area (Å²) in [5, 5.41) is 0.351. The van der Waals surface area contributed by atoms with Crippen LogP contribution in [0.25, 0.3) is 0 Å². The van der Waals surface area contributed by atoms with Gasteiger partial charge < -0.3 is 10.5 Å². The second-order valence-electron chi connectivity index (χ2n) is 4.53. The Kier molecular flexibility index (Phi) is 5.11. The Labute approximate surface area is 115 Å². The summed E-state index contributed by atoms with van der Waals surface area (Å²) >= 11 is 5.79. The van der Waals surface area contributed by atoms with Gasteiger partial charge in [0, 0.05) is 12.3 Å². The molecule has 1 unspecified atom stereocenters. The Hall–Kier alpha value is -1.36. The van der Waals surface area contributed by atoms with Gasteiger partial charge >= 0.3 is 5.97 Å². The Morgan fingerprint density at radius 1 is 1.53 bits per heavy atom. The maximum absolute atomic E-state index is 13.2. The minimum atomic E-state index is -2.88. The van der Waals surface area contributed by atoms with Crippen molar-refractivity contribution in [3.05, 3.63) is 28.8 Å². The van der Waals surface area contributed by atoms with Crippen LogP contribution in [0.3, 0.4) is 0 Å². The van der Waals surface area contributed by atoms with E-state index in [1.54, 1.807) is 6.07 Å². The first-order valence-corrected chi connectivity index (χ1v) is 6.10. The van der Waals surface area contributed by atoms with E-state index in [9.17, 15) is 13.6 Å². The molecule has 0 bridgehead atoms. The summed E-state index contributed by atoms with van der Waals surface area (Å²) < 4.78 is 30.9. The maximum Gasteiger partial charge on any atom is 0.306 e. The second kappa shape index (κ2) is 6.19. The first-order valence-electron chi connectivity index (χ1n) is 5.72. The first kappa shape index (κ1) is 15.7. The standard InChI is InChI=1S/C13H16ClF2NO2/c1-13(15,16)7-9(6-12(18)19-2)8-3-4-10(14)11(17)5-8/h3-5,9H,6-7,17H2,1-2H3. The molecule has 2 N–H and O–H groups in total. The molecule has 0 aliphatic rings. The van der Waals surface area contributed by atoms with Crippen molar-refractivity contribution in [3.8, 4) is 0 Å². The van der Waals surface area contributed by atoms with E-state index in [0.29, 0.717) is 16.3 Å². The smallest absolute Gasteiger partial charge is 0.306 e. The van der Waals surface area contributed by atoms with E-state index >= 15 is 0 Å². The molecule has 0 aromatic heterocycles. The van der Waals surface area contributed by atoms with Crippen molar-refractivity contribution in [2.75, 3.05) is 12.8 Å². The monoisotopic (exact) mass is 291 g/mol. The summed E-state index contributed by atoms with van der Waals surface area (Å²) in [6.45, 7) is 0.816. The highest BCUT2D eigenvalue weighted by molar-refractivity contribution is 6.33.